The Hall–Kier alpha value is -4.38. The summed E-state index contributed by atoms with van der Waals surface area (Å²) in [5, 5.41) is 5.79. The van der Waals surface area contributed by atoms with E-state index in [0.29, 0.717) is 11.3 Å². The number of carbonyl (C=O) groups excluding carboxylic acids is 2. The number of rotatable bonds is 7. The van der Waals surface area contributed by atoms with Gasteiger partial charge in [0.05, 0.1) is 12.3 Å². The third-order valence-corrected chi connectivity index (χ3v) is 4.90. The van der Waals surface area contributed by atoms with Crippen LogP contribution in [0.25, 0.3) is 6.08 Å². The second-order valence-electron chi connectivity index (χ2n) is 7.12. The highest BCUT2D eigenvalue weighted by Crippen LogP contribution is 2.22. The van der Waals surface area contributed by atoms with E-state index in [9.17, 15) is 9.59 Å². The zero-order valence-electron chi connectivity index (χ0n) is 17.3. The summed E-state index contributed by atoms with van der Waals surface area (Å²) in [4.78, 5) is 26.1. The molecule has 1 aromatic heterocycles. The van der Waals surface area contributed by atoms with Crippen LogP contribution in [-0.2, 0) is 4.79 Å². The Kier molecular flexibility index (Phi) is 6.58. The summed E-state index contributed by atoms with van der Waals surface area (Å²) in [6.07, 6.45) is 3.03. The van der Waals surface area contributed by atoms with Crippen LogP contribution in [0.2, 0.25) is 0 Å². The molecule has 4 rings (SSSR count). The van der Waals surface area contributed by atoms with Crippen LogP contribution in [0, 0.1) is 0 Å². The first-order chi connectivity index (χ1) is 15.7. The van der Waals surface area contributed by atoms with Gasteiger partial charge in [-0.2, -0.15) is 0 Å². The van der Waals surface area contributed by atoms with E-state index in [4.69, 9.17) is 4.42 Å². The molecule has 0 saturated carbocycles. The first-order valence-corrected chi connectivity index (χ1v) is 10.2. The van der Waals surface area contributed by atoms with E-state index in [2.05, 4.69) is 10.6 Å². The van der Waals surface area contributed by atoms with Gasteiger partial charge in [-0.25, -0.2) is 0 Å². The molecule has 2 amide bonds. The zero-order valence-corrected chi connectivity index (χ0v) is 17.3. The van der Waals surface area contributed by atoms with Gasteiger partial charge < -0.3 is 15.1 Å². The van der Waals surface area contributed by atoms with Gasteiger partial charge in [-0.05, 0) is 35.4 Å². The third-order valence-electron chi connectivity index (χ3n) is 4.90. The minimum Gasteiger partial charge on any atom is -0.465 e. The van der Waals surface area contributed by atoms with Crippen molar-refractivity contribution >= 4 is 17.9 Å². The van der Waals surface area contributed by atoms with E-state index >= 15 is 0 Å². The van der Waals surface area contributed by atoms with Crippen LogP contribution < -0.4 is 10.6 Å². The van der Waals surface area contributed by atoms with Crippen molar-refractivity contribution in [2.75, 3.05) is 0 Å². The number of furan rings is 1. The predicted octanol–water partition coefficient (Wildman–Crippen LogP) is 4.96. The topological polar surface area (TPSA) is 71.3 Å². The highest BCUT2D eigenvalue weighted by molar-refractivity contribution is 6.05. The number of carbonyl (C=O) groups is 2. The van der Waals surface area contributed by atoms with Gasteiger partial charge in [0.1, 0.15) is 11.5 Å². The van der Waals surface area contributed by atoms with Crippen LogP contribution in [0.3, 0.4) is 0 Å². The number of benzene rings is 3. The van der Waals surface area contributed by atoms with Crippen molar-refractivity contribution in [1.82, 2.24) is 10.6 Å². The zero-order chi connectivity index (χ0) is 22.2. The minimum absolute atomic E-state index is 0.0886. The molecule has 0 aliphatic carbocycles. The van der Waals surface area contributed by atoms with Gasteiger partial charge >= 0.3 is 0 Å². The summed E-state index contributed by atoms with van der Waals surface area (Å²) >= 11 is 0. The summed E-state index contributed by atoms with van der Waals surface area (Å²) < 4.78 is 5.37. The van der Waals surface area contributed by atoms with Gasteiger partial charge in [0, 0.05) is 11.6 Å². The molecule has 2 N–H and O–H groups in total. The fourth-order valence-electron chi connectivity index (χ4n) is 3.32. The smallest absolute Gasteiger partial charge is 0.268 e. The third kappa shape index (κ3) is 5.21. The normalized spacial score (nSPS) is 11.2. The molecule has 32 heavy (non-hydrogen) atoms. The molecule has 0 spiro atoms. The SMILES string of the molecule is O=C(NC(c1ccccc1)c1ccccc1)C(=Cc1ccco1)NC(=O)c1ccccc1. The van der Waals surface area contributed by atoms with Crippen LogP contribution in [0.15, 0.2) is 120 Å². The van der Waals surface area contributed by atoms with Crippen LogP contribution in [0.1, 0.15) is 33.3 Å². The van der Waals surface area contributed by atoms with Crippen molar-refractivity contribution in [2.24, 2.45) is 0 Å². The molecule has 0 saturated heterocycles. The van der Waals surface area contributed by atoms with E-state index in [-0.39, 0.29) is 11.6 Å². The molecule has 158 valence electrons. The molecule has 0 fully saturated rings. The second-order valence-corrected chi connectivity index (χ2v) is 7.12. The van der Waals surface area contributed by atoms with Gasteiger partial charge in [-0.1, -0.05) is 78.9 Å². The lowest BCUT2D eigenvalue weighted by molar-refractivity contribution is -0.118. The maximum Gasteiger partial charge on any atom is 0.268 e. The fourth-order valence-corrected chi connectivity index (χ4v) is 3.32. The lowest BCUT2D eigenvalue weighted by Gasteiger charge is -2.21. The molecule has 0 aliphatic rings. The van der Waals surface area contributed by atoms with Crippen molar-refractivity contribution < 1.29 is 14.0 Å². The van der Waals surface area contributed by atoms with Crippen LogP contribution >= 0.6 is 0 Å². The molecule has 0 aliphatic heterocycles. The molecule has 0 atom stereocenters. The van der Waals surface area contributed by atoms with Crippen molar-refractivity contribution in [3.63, 3.8) is 0 Å². The van der Waals surface area contributed by atoms with E-state index in [0.717, 1.165) is 11.1 Å². The average Bonchev–Trinajstić information content (AvgIpc) is 3.37. The van der Waals surface area contributed by atoms with Crippen LogP contribution in [0.4, 0.5) is 0 Å². The van der Waals surface area contributed by atoms with Crippen LogP contribution in [-0.4, -0.2) is 11.8 Å². The summed E-state index contributed by atoms with van der Waals surface area (Å²) in [7, 11) is 0. The molecule has 1 heterocycles. The van der Waals surface area contributed by atoms with Gasteiger partial charge in [-0.3, -0.25) is 9.59 Å². The molecule has 0 radical (unpaired) electrons. The minimum atomic E-state index is -0.427. The average molecular weight is 422 g/mol. The molecule has 5 nitrogen and oxygen atoms in total. The quantitative estimate of drug-likeness (QED) is 0.414. The fraction of sp³-hybridized carbons (Fsp3) is 0.0370. The molecule has 0 bridgehead atoms. The Balaban J connectivity index is 1.64. The van der Waals surface area contributed by atoms with Gasteiger partial charge in [0.2, 0.25) is 0 Å². The van der Waals surface area contributed by atoms with Gasteiger partial charge in [-0.15, -0.1) is 0 Å². The van der Waals surface area contributed by atoms with Gasteiger partial charge in [0.25, 0.3) is 11.8 Å². The predicted molar refractivity (Wildman–Crippen MR) is 123 cm³/mol. The maximum absolute atomic E-state index is 13.4. The Morgan fingerprint density at radius 2 is 1.28 bits per heavy atom. The van der Waals surface area contributed by atoms with Gasteiger partial charge in [0.15, 0.2) is 0 Å². The van der Waals surface area contributed by atoms with E-state index in [1.165, 1.54) is 12.3 Å². The molecule has 4 aromatic rings. The van der Waals surface area contributed by atoms with E-state index < -0.39 is 11.9 Å². The van der Waals surface area contributed by atoms with E-state index in [1.807, 2.05) is 66.7 Å². The summed E-state index contributed by atoms with van der Waals surface area (Å²) in [6.45, 7) is 0. The highest BCUT2D eigenvalue weighted by Gasteiger charge is 2.21. The summed E-state index contributed by atoms with van der Waals surface area (Å²) in [6, 6.07) is 31.2. The first-order valence-electron chi connectivity index (χ1n) is 10.2. The van der Waals surface area contributed by atoms with Crippen molar-refractivity contribution in [1.29, 1.82) is 0 Å². The summed E-state index contributed by atoms with van der Waals surface area (Å²) in [5.41, 5.74) is 2.40. The monoisotopic (exact) mass is 422 g/mol. The van der Waals surface area contributed by atoms with Crippen molar-refractivity contribution in [2.45, 2.75) is 6.04 Å². The number of hydrogen-bond donors (Lipinski definition) is 2. The second kappa shape index (κ2) is 10.1. The van der Waals surface area contributed by atoms with Crippen molar-refractivity contribution in [3.05, 3.63) is 138 Å². The molecule has 0 unspecified atom stereocenters. The maximum atomic E-state index is 13.4. The molecular formula is C27H22N2O3. The molecule has 5 heteroatoms. The lowest BCUT2D eigenvalue weighted by atomic mass is 9.98. The number of nitrogens with one attached hydrogen (secondary N) is 2. The van der Waals surface area contributed by atoms with Crippen molar-refractivity contribution in [3.8, 4) is 0 Å². The molecule has 3 aromatic carbocycles. The first kappa shape index (κ1) is 20.9. The standard InChI is InChI=1S/C27H22N2O3/c30-26(22-15-8-3-9-16-22)28-24(19-23-17-10-18-32-23)27(31)29-25(20-11-4-1-5-12-20)21-13-6-2-7-14-21/h1-19,25H,(H,28,30)(H,29,31). The highest BCUT2D eigenvalue weighted by atomic mass is 16.3. The largest absolute Gasteiger partial charge is 0.465 e. The van der Waals surface area contributed by atoms with E-state index in [1.54, 1.807) is 36.4 Å². The lowest BCUT2D eigenvalue weighted by Crippen LogP contribution is -2.37. The Morgan fingerprint density at radius 1 is 0.719 bits per heavy atom. The number of hydrogen-bond acceptors (Lipinski definition) is 3. The van der Waals surface area contributed by atoms with Crippen LogP contribution in [0.5, 0.6) is 0 Å². The Labute approximate surface area is 186 Å². The Morgan fingerprint density at radius 3 is 1.81 bits per heavy atom. The summed E-state index contributed by atoms with van der Waals surface area (Å²) in [5.74, 6) is -0.350. The number of amides is 2. The molecular weight excluding hydrogens is 400 g/mol. The Bertz CT molecular complexity index is 1150.